The highest BCUT2D eigenvalue weighted by atomic mass is 35.5. The number of hydrogen-bond acceptors (Lipinski definition) is 5. The fraction of sp³-hybridized carbons (Fsp3) is 0.316. The highest BCUT2D eigenvalue weighted by molar-refractivity contribution is 6.31. The van der Waals surface area contributed by atoms with Crippen LogP contribution in [0.1, 0.15) is 11.5 Å². The summed E-state index contributed by atoms with van der Waals surface area (Å²) in [6.07, 6.45) is 1.87. The Morgan fingerprint density at radius 2 is 2.00 bits per heavy atom. The van der Waals surface area contributed by atoms with Gasteiger partial charge < -0.3 is 10.6 Å². The lowest BCUT2D eigenvalue weighted by molar-refractivity contribution is 0.237. The molecule has 1 aromatic carbocycles. The van der Waals surface area contributed by atoms with Crippen molar-refractivity contribution < 1.29 is 4.39 Å². The van der Waals surface area contributed by atoms with E-state index in [0.29, 0.717) is 24.2 Å². The Morgan fingerprint density at radius 1 is 1.31 bits per heavy atom. The van der Waals surface area contributed by atoms with Gasteiger partial charge in [0.25, 0.3) is 0 Å². The first kappa shape index (κ1) is 18.0. The van der Waals surface area contributed by atoms with Crippen LogP contribution in [0, 0.1) is 51.1 Å². The predicted molar refractivity (Wildman–Crippen MR) is 93.7 cm³/mol. The molecule has 7 heteroatoms. The van der Waals surface area contributed by atoms with Gasteiger partial charge >= 0.3 is 0 Å². The van der Waals surface area contributed by atoms with Crippen molar-refractivity contribution in [3.63, 3.8) is 0 Å². The van der Waals surface area contributed by atoms with Crippen molar-refractivity contribution in [2.24, 2.45) is 17.1 Å². The van der Waals surface area contributed by atoms with Gasteiger partial charge in [-0.2, -0.15) is 15.8 Å². The maximum absolute atomic E-state index is 14.1. The zero-order chi connectivity index (χ0) is 19.1. The normalized spacial score (nSPS) is 24.7. The summed E-state index contributed by atoms with van der Waals surface area (Å²) in [5.74, 6) is -1.79. The van der Waals surface area contributed by atoms with Crippen LogP contribution in [0.25, 0.3) is 0 Å². The van der Waals surface area contributed by atoms with Gasteiger partial charge in [-0.15, -0.1) is 0 Å². The van der Waals surface area contributed by atoms with Crippen LogP contribution in [0.4, 0.5) is 4.39 Å². The van der Waals surface area contributed by atoms with Crippen LogP contribution in [0.2, 0.25) is 5.02 Å². The van der Waals surface area contributed by atoms with Crippen molar-refractivity contribution >= 4 is 11.6 Å². The van der Waals surface area contributed by atoms with E-state index in [1.54, 1.807) is 6.07 Å². The number of allylic oxidation sites excluding steroid dienone is 2. The van der Waals surface area contributed by atoms with Gasteiger partial charge in [-0.25, -0.2) is 4.39 Å². The van der Waals surface area contributed by atoms with Crippen molar-refractivity contribution in [3.05, 3.63) is 57.5 Å². The summed E-state index contributed by atoms with van der Waals surface area (Å²) in [7, 11) is 1.89. The minimum absolute atomic E-state index is 0.0950. The standard InChI is InChI=1S/C19H15ClFN5/c1-26-6-5-11-13(7-22)18(25)19(9-23,10-24)16(14(11)8-26)12-3-2-4-15(21)17(12)20/h2-5,14,16H,6,8,25H2,1H3/t14-,16-/m0/s1. The number of benzene rings is 1. The Balaban J connectivity index is 2.39. The first-order valence-electron chi connectivity index (χ1n) is 7.97. The maximum Gasteiger partial charge on any atom is 0.191 e. The molecule has 1 aromatic rings. The van der Waals surface area contributed by atoms with E-state index in [0.717, 1.165) is 0 Å². The van der Waals surface area contributed by atoms with E-state index in [2.05, 4.69) is 0 Å². The molecule has 0 bridgehead atoms. The molecule has 0 saturated carbocycles. The van der Waals surface area contributed by atoms with Gasteiger partial charge in [0.05, 0.1) is 28.4 Å². The molecule has 0 fully saturated rings. The summed E-state index contributed by atoms with van der Waals surface area (Å²) in [6.45, 7) is 1.10. The van der Waals surface area contributed by atoms with E-state index in [4.69, 9.17) is 17.3 Å². The SMILES string of the molecule is CN1CC=C2C(C#N)=C(N)C(C#N)(C#N)[C@@H](c3cccc(F)c3Cl)[C@H]2C1. The van der Waals surface area contributed by atoms with Gasteiger partial charge in [0.2, 0.25) is 0 Å². The van der Waals surface area contributed by atoms with Gasteiger partial charge in [-0.05, 0) is 24.3 Å². The average molecular weight is 368 g/mol. The summed E-state index contributed by atoms with van der Waals surface area (Å²) in [6, 6.07) is 10.4. The zero-order valence-corrected chi connectivity index (χ0v) is 14.8. The van der Waals surface area contributed by atoms with Crippen molar-refractivity contribution in [2.75, 3.05) is 20.1 Å². The second-order valence-corrected chi connectivity index (χ2v) is 6.92. The predicted octanol–water partition coefficient (Wildman–Crippen LogP) is 2.83. The number of nitriles is 3. The third-order valence-corrected chi connectivity index (χ3v) is 5.56. The lowest BCUT2D eigenvalue weighted by Gasteiger charge is -2.45. The molecule has 0 aromatic heterocycles. The number of hydrogen-bond donors (Lipinski definition) is 1. The highest BCUT2D eigenvalue weighted by Crippen LogP contribution is 2.55. The Bertz CT molecular complexity index is 946. The molecule has 2 aliphatic rings. The van der Waals surface area contributed by atoms with Gasteiger partial charge in [-0.3, -0.25) is 0 Å². The number of rotatable bonds is 1. The summed E-state index contributed by atoms with van der Waals surface area (Å²) in [5, 5.41) is 29.3. The molecule has 2 atom stereocenters. The molecule has 1 heterocycles. The monoisotopic (exact) mass is 367 g/mol. The molecular weight excluding hydrogens is 353 g/mol. The third-order valence-electron chi connectivity index (χ3n) is 5.16. The van der Waals surface area contributed by atoms with E-state index in [-0.39, 0.29) is 22.2 Å². The van der Waals surface area contributed by atoms with Crippen LogP contribution in [0.5, 0.6) is 0 Å². The fourth-order valence-corrected chi connectivity index (χ4v) is 4.17. The number of fused-ring (bicyclic) bond motifs is 1. The lowest BCUT2D eigenvalue weighted by atomic mass is 9.58. The fourth-order valence-electron chi connectivity index (χ4n) is 3.93. The van der Waals surface area contributed by atoms with Crippen molar-refractivity contribution in [1.29, 1.82) is 15.8 Å². The first-order chi connectivity index (χ1) is 12.4. The molecular formula is C19H15ClFN5. The molecule has 5 nitrogen and oxygen atoms in total. The molecule has 26 heavy (non-hydrogen) atoms. The Hall–Kier alpha value is -2.85. The number of halogens is 2. The van der Waals surface area contributed by atoms with Gasteiger partial charge in [0, 0.05) is 24.9 Å². The second kappa shape index (κ2) is 6.46. The molecule has 0 spiro atoms. The second-order valence-electron chi connectivity index (χ2n) is 6.54. The van der Waals surface area contributed by atoms with E-state index in [1.807, 2.05) is 36.2 Å². The van der Waals surface area contributed by atoms with E-state index in [1.165, 1.54) is 12.1 Å². The summed E-state index contributed by atoms with van der Waals surface area (Å²) in [4.78, 5) is 2.00. The van der Waals surface area contributed by atoms with Gasteiger partial charge in [-0.1, -0.05) is 29.8 Å². The number of nitrogens with two attached hydrogens (primary N) is 1. The van der Waals surface area contributed by atoms with E-state index < -0.39 is 17.2 Å². The van der Waals surface area contributed by atoms with Crippen LogP contribution in [0.15, 0.2) is 41.1 Å². The average Bonchev–Trinajstić information content (AvgIpc) is 2.64. The molecule has 1 aliphatic heterocycles. The summed E-state index contributed by atoms with van der Waals surface area (Å²) >= 11 is 6.20. The van der Waals surface area contributed by atoms with Crippen LogP contribution >= 0.6 is 11.6 Å². The molecule has 130 valence electrons. The quantitative estimate of drug-likeness (QED) is 0.822. The molecule has 0 saturated heterocycles. The van der Waals surface area contributed by atoms with E-state index >= 15 is 0 Å². The zero-order valence-electron chi connectivity index (χ0n) is 14.0. The maximum atomic E-state index is 14.1. The molecule has 3 rings (SSSR count). The topological polar surface area (TPSA) is 101 Å². The smallest absolute Gasteiger partial charge is 0.191 e. The number of likely N-dealkylation sites (N-methyl/N-ethyl adjacent to an activating group) is 1. The third kappa shape index (κ3) is 2.37. The van der Waals surface area contributed by atoms with Crippen LogP contribution in [-0.4, -0.2) is 25.0 Å². The van der Waals surface area contributed by atoms with Gasteiger partial charge in [0.15, 0.2) is 5.41 Å². The molecule has 0 radical (unpaired) electrons. The molecule has 0 amide bonds. The summed E-state index contributed by atoms with van der Waals surface area (Å²) in [5.41, 5.74) is 5.47. The lowest BCUT2D eigenvalue weighted by Crippen LogP contribution is -2.47. The molecule has 2 N–H and O–H groups in total. The van der Waals surface area contributed by atoms with Crippen molar-refractivity contribution in [3.8, 4) is 18.2 Å². The number of nitrogens with zero attached hydrogens (tertiary/aromatic N) is 4. The van der Waals surface area contributed by atoms with Gasteiger partial charge in [0.1, 0.15) is 11.9 Å². The minimum atomic E-state index is -1.80. The van der Waals surface area contributed by atoms with E-state index in [9.17, 15) is 20.2 Å². The van der Waals surface area contributed by atoms with Crippen molar-refractivity contribution in [1.82, 2.24) is 4.90 Å². The van der Waals surface area contributed by atoms with Crippen molar-refractivity contribution in [2.45, 2.75) is 5.92 Å². The largest absolute Gasteiger partial charge is 0.399 e. The van der Waals surface area contributed by atoms with Crippen LogP contribution in [0.3, 0.4) is 0 Å². The molecule has 1 aliphatic carbocycles. The highest BCUT2D eigenvalue weighted by Gasteiger charge is 2.54. The molecule has 0 unspecified atom stereocenters. The first-order valence-corrected chi connectivity index (χ1v) is 8.34. The van der Waals surface area contributed by atoms with Crippen LogP contribution in [-0.2, 0) is 0 Å². The van der Waals surface area contributed by atoms with Crippen LogP contribution < -0.4 is 5.73 Å². The Labute approximate surface area is 156 Å². The Kier molecular flexibility index (Phi) is 4.46. The summed E-state index contributed by atoms with van der Waals surface area (Å²) < 4.78 is 14.1. The minimum Gasteiger partial charge on any atom is -0.399 e. The Morgan fingerprint density at radius 3 is 2.62 bits per heavy atom.